The average Bonchev–Trinajstić information content (AvgIpc) is 2.94. The smallest absolute Gasteiger partial charge is 0.192 e. The number of carbonyl (C=O) groups excluding carboxylic acids is 2. The molecule has 4 aliphatic rings. The fourth-order valence-corrected chi connectivity index (χ4v) is 8.54. The number of aliphatic hydroxyl groups excluding tert-OH is 1. The highest BCUT2D eigenvalue weighted by molar-refractivity contribution is 6.74. The van der Waals surface area contributed by atoms with E-state index in [4.69, 9.17) is 4.43 Å². The molecule has 2 fully saturated rings. The van der Waals surface area contributed by atoms with Crippen LogP contribution in [0.15, 0.2) is 23.8 Å². The Balaban J connectivity index is 1.69. The van der Waals surface area contributed by atoms with E-state index in [0.717, 1.165) is 5.57 Å². The lowest BCUT2D eigenvalue weighted by atomic mass is 9.45. The van der Waals surface area contributed by atoms with Crippen molar-refractivity contribution in [2.45, 2.75) is 103 Å². The van der Waals surface area contributed by atoms with E-state index >= 15 is 4.39 Å². The van der Waals surface area contributed by atoms with Gasteiger partial charge in [0.25, 0.3) is 0 Å². The topological polar surface area (TPSA) is 83.8 Å². The molecule has 0 aromatic rings. The van der Waals surface area contributed by atoms with E-state index in [-0.39, 0.29) is 47.9 Å². The molecular weight excluding hydrogens is 463 g/mol. The zero-order chi connectivity index (χ0) is 26.4. The Morgan fingerprint density at radius 1 is 1.26 bits per heavy atom. The summed E-state index contributed by atoms with van der Waals surface area (Å²) in [6.07, 6.45) is 4.72. The van der Waals surface area contributed by atoms with Crippen LogP contribution in [0.1, 0.15) is 67.2 Å². The van der Waals surface area contributed by atoms with Crippen molar-refractivity contribution < 1.29 is 28.6 Å². The van der Waals surface area contributed by atoms with Gasteiger partial charge in [0.2, 0.25) is 0 Å². The standard InChI is InChI=1S/C28H43FO5Si/c1-17-13-21-20-10-9-18-14-19(30)11-12-25(18,5)27(20,29)22(31)15-26(21,6)28(17,33)23(32)16-34-35(7,8)24(2,3)4/h9,11-12,17,20-22,31,33H,10,13-16H2,1-8H3/t17-,20+,21+,22+,25+,26+,27+,28+/m1/s1. The van der Waals surface area contributed by atoms with Crippen LogP contribution in [-0.2, 0) is 14.0 Å². The van der Waals surface area contributed by atoms with Crippen LogP contribution in [0.25, 0.3) is 0 Å². The Kier molecular flexibility index (Phi) is 6.09. The number of hydrogen-bond acceptors (Lipinski definition) is 5. The lowest BCUT2D eigenvalue weighted by Gasteiger charge is -2.62. The summed E-state index contributed by atoms with van der Waals surface area (Å²) >= 11 is 0. The first-order valence-corrected chi connectivity index (χ1v) is 16.0. The van der Waals surface area contributed by atoms with Gasteiger partial charge in [-0.05, 0) is 62.2 Å². The summed E-state index contributed by atoms with van der Waals surface area (Å²) in [5.74, 6) is -1.65. The zero-order valence-corrected chi connectivity index (χ0v) is 23.6. The number of alkyl halides is 1. The predicted octanol–water partition coefficient (Wildman–Crippen LogP) is 4.93. The van der Waals surface area contributed by atoms with Crippen molar-refractivity contribution in [3.63, 3.8) is 0 Å². The first-order chi connectivity index (χ1) is 15.9. The Hall–Kier alpha value is -1.15. The van der Waals surface area contributed by atoms with E-state index in [1.54, 1.807) is 13.0 Å². The van der Waals surface area contributed by atoms with Gasteiger partial charge in [-0.2, -0.15) is 0 Å². The quantitative estimate of drug-likeness (QED) is 0.417. The van der Waals surface area contributed by atoms with Gasteiger partial charge >= 0.3 is 0 Å². The van der Waals surface area contributed by atoms with Crippen molar-refractivity contribution in [2.75, 3.05) is 6.61 Å². The van der Waals surface area contributed by atoms with Crippen LogP contribution >= 0.6 is 0 Å². The highest BCUT2D eigenvalue weighted by atomic mass is 28.4. The number of halogens is 1. The minimum Gasteiger partial charge on any atom is -0.409 e. The maximum atomic E-state index is 17.2. The Morgan fingerprint density at radius 3 is 2.49 bits per heavy atom. The van der Waals surface area contributed by atoms with Gasteiger partial charge in [0.1, 0.15) is 5.60 Å². The van der Waals surface area contributed by atoms with E-state index in [0.29, 0.717) is 12.8 Å². The largest absolute Gasteiger partial charge is 0.409 e. The molecule has 35 heavy (non-hydrogen) atoms. The summed E-state index contributed by atoms with van der Waals surface area (Å²) in [5, 5.41) is 23.5. The molecule has 2 saturated carbocycles. The number of rotatable bonds is 4. The Bertz CT molecular complexity index is 998. The second-order valence-corrected chi connectivity index (χ2v) is 18.4. The first-order valence-electron chi connectivity index (χ1n) is 13.0. The predicted molar refractivity (Wildman–Crippen MR) is 136 cm³/mol. The first kappa shape index (κ1) is 26.9. The highest BCUT2D eigenvalue weighted by Crippen LogP contribution is 2.70. The van der Waals surface area contributed by atoms with Crippen molar-refractivity contribution in [2.24, 2.45) is 28.6 Å². The summed E-state index contributed by atoms with van der Waals surface area (Å²) in [7, 11) is -2.21. The number of allylic oxidation sites excluding steroid dienone is 4. The molecule has 0 aliphatic heterocycles. The second kappa shape index (κ2) is 7.92. The number of ketones is 2. The van der Waals surface area contributed by atoms with Crippen molar-refractivity contribution >= 4 is 19.9 Å². The van der Waals surface area contributed by atoms with Gasteiger partial charge in [-0.1, -0.05) is 52.3 Å². The van der Waals surface area contributed by atoms with Gasteiger partial charge in [-0.3, -0.25) is 9.59 Å². The number of aliphatic hydroxyl groups is 2. The fraction of sp³-hybridized carbons (Fsp3) is 0.786. The summed E-state index contributed by atoms with van der Waals surface area (Å²) in [4.78, 5) is 25.7. The van der Waals surface area contributed by atoms with Crippen LogP contribution < -0.4 is 0 Å². The molecule has 4 aliphatic carbocycles. The number of hydrogen-bond donors (Lipinski definition) is 2. The molecule has 0 heterocycles. The highest BCUT2D eigenvalue weighted by Gasteiger charge is 2.75. The molecule has 7 heteroatoms. The van der Waals surface area contributed by atoms with E-state index < -0.39 is 42.4 Å². The lowest BCUT2D eigenvalue weighted by molar-refractivity contribution is -0.215. The van der Waals surface area contributed by atoms with E-state index in [9.17, 15) is 19.8 Å². The molecule has 0 aromatic heterocycles. The van der Waals surface area contributed by atoms with E-state index in [2.05, 4.69) is 33.9 Å². The van der Waals surface area contributed by atoms with Gasteiger partial charge in [-0.25, -0.2) is 4.39 Å². The molecule has 0 saturated heterocycles. The van der Waals surface area contributed by atoms with E-state index in [1.807, 2.05) is 19.9 Å². The maximum absolute atomic E-state index is 17.2. The van der Waals surface area contributed by atoms with Crippen LogP contribution in [0.2, 0.25) is 18.1 Å². The zero-order valence-electron chi connectivity index (χ0n) is 22.6. The summed E-state index contributed by atoms with van der Waals surface area (Å²) < 4.78 is 23.4. The van der Waals surface area contributed by atoms with Crippen molar-refractivity contribution in [1.29, 1.82) is 0 Å². The normalized spacial score (nSPS) is 45.5. The van der Waals surface area contributed by atoms with Crippen molar-refractivity contribution in [3.05, 3.63) is 23.8 Å². The molecule has 0 aromatic carbocycles. The summed E-state index contributed by atoms with van der Waals surface area (Å²) in [6.45, 7) is 15.8. The van der Waals surface area contributed by atoms with Crippen molar-refractivity contribution in [3.8, 4) is 0 Å². The van der Waals surface area contributed by atoms with Gasteiger partial charge in [0, 0.05) is 23.2 Å². The number of carbonyl (C=O) groups is 2. The molecule has 8 atom stereocenters. The van der Waals surface area contributed by atoms with Crippen LogP contribution in [0.4, 0.5) is 4.39 Å². The molecule has 4 rings (SSSR count). The van der Waals surface area contributed by atoms with Crippen LogP contribution in [0.3, 0.4) is 0 Å². The molecule has 196 valence electrons. The minimum atomic E-state index is -2.21. The molecule has 0 unspecified atom stereocenters. The Labute approximate surface area is 210 Å². The second-order valence-electron chi connectivity index (χ2n) is 13.6. The third kappa shape index (κ3) is 3.40. The minimum absolute atomic E-state index is 0.0119. The molecule has 0 bridgehead atoms. The van der Waals surface area contributed by atoms with Crippen LogP contribution in [0, 0.1) is 28.6 Å². The third-order valence-corrected chi connectivity index (χ3v) is 15.5. The fourth-order valence-electron chi connectivity index (χ4n) is 7.62. The van der Waals surface area contributed by atoms with Crippen LogP contribution in [-0.4, -0.2) is 54.1 Å². The van der Waals surface area contributed by atoms with Gasteiger partial charge < -0.3 is 14.6 Å². The Morgan fingerprint density at radius 2 is 1.89 bits per heavy atom. The maximum Gasteiger partial charge on any atom is 0.192 e. The van der Waals surface area contributed by atoms with Crippen LogP contribution in [0.5, 0.6) is 0 Å². The summed E-state index contributed by atoms with van der Waals surface area (Å²) in [5.41, 5.74) is -5.00. The average molecular weight is 507 g/mol. The molecular formula is C28H43FO5Si. The SMILES string of the molecule is C[C@@H]1C[C@H]2[C@@H]3CC=C4CC(=O)C=C[C@]4(C)[C@@]3(F)[C@@H](O)C[C@]2(C)[C@@]1(O)C(=O)CO[Si](C)(C)C(C)(C)C. The molecule has 5 nitrogen and oxygen atoms in total. The van der Waals surface area contributed by atoms with E-state index in [1.165, 1.54) is 6.08 Å². The number of Topliss-reactive ketones (excluding diaryl/α,β-unsaturated/α-hetero) is 1. The summed E-state index contributed by atoms with van der Waals surface area (Å²) in [6, 6.07) is 0. The van der Waals surface area contributed by atoms with Gasteiger partial charge in [0.15, 0.2) is 25.6 Å². The lowest BCUT2D eigenvalue weighted by Crippen LogP contribution is -2.69. The molecule has 0 radical (unpaired) electrons. The van der Waals surface area contributed by atoms with Gasteiger partial charge in [0.05, 0.1) is 12.7 Å². The molecule has 0 amide bonds. The van der Waals surface area contributed by atoms with Gasteiger partial charge in [-0.15, -0.1) is 0 Å². The third-order valence-electron chi connectivity index (χ3n) is 11.0. The van der Waals surface area contributed by atoms with Crippen molar-refractivity contribution in [1.82, 2.24) is 0 Å². The molecule has 0 spiro atoms. The monoisotopic (exact) mass is 506 g/mol. The molecule has 2 N–H and O–H groups in total. The number of fused-ring (bicyclic) bond motifs is 5.